The molecule has 3 N–H and O–H groups in total. The molecule has 0 amide bonds. The molecule has 0 atom stereocenters. The lowest BCUT2D eigenvalue weighted by atomic mass is 10.1. The summed E-state index contributed by atoms with van der Waals surface area (Å²) >= 11 is 0. The topological polar surface area (TPSA) is 53.6 Å². The van der Waals surface area contributed by atoms with Crippen molar-refractivity contribution in [3.05, 3.63) is 12.2 Å². The Balaban J connectivity index is 4.10. The third-order valence-electron chi connectivity index (χ3n) is 2.42. The summed E-state index contributed by atoms with van der Waals surface area (Å²) in [5, 5.41) is 3.00. The molecule has 0 aromatic heterocycles. The fourth-order valence-corrected chi connectivity index (χ4v) is 0.717. The van der Waals surface area contributed by atoms with Crippen LogP contribution in [-0.4, -0.2) is 43.6 Å². The summed E-state index contributed by atoms with van der Waals surface area (Å²) in [4.78, 5) is 6.42. The number of hydrogen-bond donors (Lipinski definition) is 2. The molecule has 0 rings (SSSR count). The number of guanidine groups is 1. The maximum atomic E-state index is 5.71. The zero-order valence-corrected chi connectivity index (χ0v) is 10.6. The number of nitrogens with zero attached hydrogens (tertiary/aromatic N) is 2. The lowest BCUT2D eigenvalue weighted by molar-refractivity contribution is 0.205. The van der Waals surface area contributed by atoms with E-state index < -0.39 is 0 Å². The highest BCUT2D eigenvalue weighted by Gasteiger charge is 2.19. The van der Waals surface area contributed by atoms with E-state index in [0.717, 1.165) is 5.57 Å². The summed E-state index contributed by atoms with van der Waals surface area (Å²) in [5.74, 6) is 0.480. The molecule has 4 nitrogen and oxygen atoms in total. The molecular weight excluding hydrogens is 188 g/mol. The number of rotatable bonds is 5. The van der Waals surface area contributed by atoms with E-state index in [4.69, 9.17) is 5.73 Å². The quantitative estimate of drug-likeness (QED) is 0.403. The molecule has 0 aliphatic rings. The zero-order chi connectivity index (χ0) is 12.1. The second-order valence-electron chi connectivity index (χ2n) is 4.72. The first-order chi connectivity index (χ1) is 6.75. The minimum Gasteiger partial charge on any atom is -0.370 e. The van der Waals surface area contributed by atoms with E-state index >= 15 is 0 Å². The molecule has 0 aromatic rings. The van der Waals surface area contributed by atoms with Gasteiger partial charge in [0.25, 0.3) is 0 Å². The van der Waals surface area contributed by atoms with Crippen molar-refractivity contribution >= 4 is 5.96 Å². The first-order valence-electron chi connectivity index (χ1n) is 5.11. The summed E-state index contributed by atoms with van der Waals surface area (Å²) in [5.41, 5.74) is 6.77. The Bertz CT molecular complexity index is 241. The highest BCUT2D eigenvalue weighted by atomic mass is 15.2. The standard InChI is InChI=1S/C11H24N4/c1-9(2)7-13-10(12)14-8-11(3,4)15(5)6/h1,7-8H2,2-6H3,(H3,12,13,14). The molecule has 0 saturated heterocycles. The van der Waals surface area contributed by atoms with Crippen molar-refractivity contribution in [1.29, 1.82) is 0 Å². The summed E-state index contributed by atoms with van der Waals surface area (Å²) in [6, 6.07) is 0. The van der Waals surface area contributed by atoms with Gasteiger partial charge in [-0.15, -0.1) is 0 Å². The minimum atomic E-state index is 0.0233. The van der Waals surface area contributed by atoms with E-state index in [1.807, 2.05) is 21.0 Å². The monoisotopic (exact) mass is 212 g/mol. The predicted octanol–water partition coefficient (Wildman–Crippen LogP) is 0.807. The smallest absolute Gasteiger partial charge is 0.188 e. The van der Waals surface area contributed by atoms with E-state index in [9.17, 15) is 0 Å². The molecule has 88 valence electrons. The van der Waals surface area contributed by atoms with Crippen LogP contribution in [0.5, 0.6) is 0 Å². The van der Waals surface area contributed by atoms with E-state index in [0.29, 0.717) is 19.0 Å². The lowest BCUT2D eigenvalue weighted by Crippen LogP contribution is -2.42. The maximum absolute atomic E-state index is 5.71. The van der Waals surface area contributed by atoms with Crippen molar-refractivity contribution in [3.63, 3.8) is 0 Å². The van der Waals surface area contributed by atoms with Crippen LogP contribution in [0.25, 0.3) is 0 Å². The van der Waals surface area contributed by atoms with Crippen molar-refractivity contribution in [2.24, 2.45) is 10.7 Å². The Morgan fingerprint density at radius 2 is 2.00 bits per heavy atom. The van der Waals surface area contributed by atoms with Crippen LogP contribution < -0.4 is 11.1 Å². The van der Waals surface area contributed by atoms with Gasteiger partial charge in [-0.2, -0.15) is 0 Å². The molecule has 0 aliphatic carbocycles. The van der Waals surface area contributed by atoms with Crippen LogP contribution in [-0.2, 0) is 0 Å². The van der Waals surface area contributed by atoms with Gasteiger partial charge in [0.05, 0.1) is 6.54 Å². The highest BCUT2D eigenvalue weighted by molar-refractivity contribution is 5.78. The van der Waals surface area contributed by atoms with Crippen molar-refractivity contribution in [1.82, 2.24) is 10.2 Å². The average Bonchev–Trinajstić information content (AvgIpc) is 2.11. The molecule has 15 heavy (non-hydrogen) atoms. The third-order valence-corrected chi connectivity index (χ3v) is 2.42. The molecule has 0 heterocycles. The SMILES string of the molecule is C=C(C)CNC(N)=NCC(C)(C)N(C)C. The van der Waals surface area contributed by atoms with Crippen LogP contribution in [0, 0.1) is 0 Å². The molecule has 0 spiro atoms. The van der Waals surface area contributed by atoms with Gasteiger partial charge >= 0.3 is 0 Å². The maximum Gasteiger partial charge on any atom is 0.188 e. The van der Waals surface area contributed by atoms with Gasteiger partial charge in [0.2, 0.25) is 0 Å². The second kappa shape index (κ2) is 5.75. The zero-order valence-electron chi connectivity index (χ0n) is 10.6. The van der Waals surface area contributed by atoms with Gasteiger partial charge in [0.15, 0.2) is 5.96 Å². The van der Waals surface area contributed by atoms with Crippen LogP contribution in [0.3, 0.4) is 0 Å². The Hall–Kier alpha value is -1.03. The summed E-state index contributed by atoms with van der Waals surface area (Å²) in [7, 11) is 4.07. The van der Waals surface area contributed by atoms with Crippen LogP contribution in [0.1, 0.15) is 20.8 Å². The van der Waals surface area contributed by atoms with Gasteiger partial charge in [0.1, 0.15) is 0 Å². The molecule has 4 heteroatoms. The number of nitrogens with two attached hydrogens (primary N) is 1. The molecule has 0 aromatic carbocycles. The normalized spacial score (nSPS) is 13.1. The lowest BCUT2D eigenvalue weighted by Gasteiger charge is -2.30. The van der Waals surface area contributed by atoms with Crippen molar-refractivity contribution < 1.29 is 0 Å². The average molecular weight is 212 g/mol. The Morgan fingerprint density at radius 3 is 2.40 bits per heavy atom. The first-order valence-corrected chi connectivity index (χ1v) is 5.11. The molecule has 0 saturated carbocycles. The highest BCUT2D eigenvalue weighted by Crippen LogP contribution is 2.09. The van der Waals surface area contributed by atoms with Gasteiger partial charge < -0.3 is 16.0 Å². The number of nitrogens with one attached hydrogen (secondary N) is 1. The van der Waals surface area contributed by atoms with Crippen molar-refractivity contribution in [3.8, 4) is 0 Å². The van der Waals surface area contributed by atoms with Crippen LogP contribution >= 0.6 is 0 Å². The Kier molecular flexibility index (Phi) is 5.36. The third kappa shape index (κ3) is 6.12. The molecule has 0 bridgehead atoms. The summed E-state index contributed by atoms with van der Waals surface area (Å²) in [6.45, 7) is 11.3. The molecular formula is C11H24N4. The van der Waals surface area contributed by atoms with Gasteiger partial charge in [0, 0.05) is 12.1 Å². The van der Waals surface area contributed by atoms with Crippen LogP contribution in [0.2, 0.25) is 0 Å². The van der Waals surface area contributed by atoms with E-state index in [2.05, 4.69) is 35.6 Å². The Morgan fingerprint density at radius 1 is 1.47 bits per heavy atom. The fraction of sp³-hybridized carbons (Fsp3) is 0.727. The van der Waals surface area contributed by atoms with Gasteiger partial charge in [-0.3, -0.25) is 4.99 Å². The molecule has 0 unspecified atom stereocenters. The summed E-state index contributed by atoms with van der Waals surface area (Å²) < 4.78 is 0. The number of hydrogen-bond acceptors (Lipinski definition) is 2. The van der Waals surface area contributed by atoms with E-state index in [1.165, 1.54) is 0 Å². The molecule has 0 radical (unpaired) electrons. The van der Waals surface area contributed by atoms with Crippen LogP contribution in [0.4, 0.5) is 0 Å². The summed E-state index contributed by atoms with van der Waals surface area (Å²) in [6.07, 6.45) is 0. The number of likely N-dealkylation sites (N-methyl/N-ethyl adjacent to an activating group) is 1. The van der Waals surface area contributed by atoms with E-state index in [-0.39, 0.29) is 5.54 Å². The second-order valence-corrected chi connectivity index (χ2v) is 4.72. The fourth-order valence-electron chi connectivity index (χ4n) is 0.717. The first kappa shape index (κ1) is 14.0. The van der Waals surface area contributed by atoms with Crippen molar-refractivity contribution in [2.45, 2.75) is 26.3 Å². The van der Waals surface area contributed by atoms with Gasteiger partial charge in [-0.1, -0.05) is 12.2 Å². The minimum absolute atomic E-state index is 0.0233. The van der Waals surface area contributed by atoms with Crippen LogP contribution in [0.15, 0.2) is 17.1 Å². The molecule has 0 aliphatic heterocycles. The predicted molar refractivity (Wildman–Crippen MR) is 67.1 cm³/mol. The largest absolute Gasteiger partial charge is 0.370 e. The van der Waals surface area contributed by atoms with E-state index in [1.54, 1.807) is 0 Å². The Labute approximate surface area is 93.2 Å². The van der Waals surface area contributed by atoms with Gasteiger partial charge in [-0.05, 0) is 34.9 Å². The van der Waals surface area contributed by atoms with Gasteiger partial charge in [-0.25, -0.2) is 0 Å². The number of aliphatic imine (C=N–C) groups is 1. The molecule has 0 fully saturated rings. The van der Waals surface area contributed by atoms with Crippen molar-refractivity contribution in [2.75, 3.05) is 27.2 Å².